The number of ether oxygens (including phenoxy) is 1. The van der Waals surface area contributed by atoms with Crippen LogP contribution >= 0.6 is 23.8 Å². The van der Waals surface area contributed by atoms with Gasteiger partial charge in [-0.15, -0.1) is 0 Å². The van der Waals surface area contributed by atoms with Crippen LogP contribution in [0.1, 0.15) is 11.1 Å². The average Bonchev–Trinajstić information content (AvgIpc) is 3.00. The molecular formula is C34H23ClN2O3S. The van der Waals surface area contributed by atoms with Crippen LogP contribution in [0.3, 0.4) is 0 Å². The number of thiocarbonyl (C=S) groups is 1. The number of halogens is 1. The van der Waals surface area contributed by atoms with Gasteiger partial charge < -0.3 is 4.74 Å². The number of nitrogens with zero attached hydrogens (tertiary/aromatic N) is 2. The van der Waals surface area contributed by atoms with Gasteiger partial charge in [0.2, 0.25) is 0 Å². The summed E-state index contributed by atoms with van der Waals surface area (Å²) in [4.78, 5) is 30.9. The minimum Gasteiger partial charge on any atom is -0.488 e. The van der Waals surface area contributed by atoms with Crippen molar-refractivity contribution in [1.29, 1.82) is 0 Å². The molecule has 41 heavy (non-hydrogen) atoms. The molecule has 1 aliphatic rings. The minimum absolute atomic E-state index is 0.0287. The summed E-state index contributed by atoms with van der Waals surface area (Å²) in [7, 11) is 0. The van der Waals surface area contributed by atoms with Crippen LogP contribution in [0.15, 0.2) is 127 Å². The topological polar surface area (TPSA) is 49.9 Å². The van der Waals surface area contributed by atoms with E-state index in [1.807, 2.05) is 97.1 Å². The number of para-hydroxylation sites is 2. The first-order valence-electron chi connectivity index (χ1n) is 12.9. The summed E-state index contributed by atoms with van der Waals surface area (Å²) in [5.74, 6) is -0.470. The van der Waals surface area contributed by atoms with Crippen LogP contribution in [0.2, 0.25) is 5.02 Å². The van der Waals surface area contributed by atoms with Gasteiger partial charge in [-0.2, -0.15) is 0 Å². The maximum atomic E-state index is 14.1. The number of carbonyl (C=O) groups is 2. The highest BCUT2D eigenvalue weighted by atomic mass is 35.5. The zero-order chi connectivity index (χ0) is 28.3. The zero-order valence-electron chi connectivity index (χ0n) is 21.7. The molecule has 2 amide bonds. The first kappa shape index (κ1) is 26.4. The smallest absolute Gasteiger partial charge is 0.270 e. The van der Waals surface area contributed by atoms with Crippen molar-refractivity contribution in [1.82, 2.24) is 0 Å². The van der Waals surface area contributed by atoms with Gasteiger partial charge in [-0.25, -0.2) is 0 Å². The Balaban J connectivity index is 1.50. The molecule has 0 saturated carbocycles. The highest BCUT2D eigenvalue weighted by Crippen LogP contribution is 2.34. The number of anilines is 2. The van der Waals surface area contributed by atoms with Gasteiger partial charge in [-0.3, -0.25) is 19.4 Å². The average molecular weight is 575 g/mol. The van der Waals surface area contributed by atoms with E-state index in [4.69, 9.17) is 28.6 Å². The molecule has 0 atom stereocenters. The van der Waals surface area contributed by atoms with Gasteiger partial charge in [0.1, 0.15) is 17.9 Å². The predicted molar refractivity (Wildman–Crippen MR) is 168 cm³/mol. The molecule has 5 nitrogen and oxygen atoms in total. The Morgan fingerprint density at radius 1 is 0.683 bits per heavy atom. The Kier molecular flexibility index (Phi) is 7.33. The molecule has 0 N–H and O–H groups in total. The number of rotatable bonds is 6. The molecule has 1 aliphatic heterocycles. The third-order valence-electron chi connectivity index (χ3n) is 6.81. The zero-order valence-corrected chi connectivity index (χ0v) is 23.3. The molecular weight excluding hydrogens is 552 g/mol. The van der Waals surface area contributed by atoms with Gasteiger partial charge in [-0.1, -0.05) is 90.5 Å². The molecule has 1 fully saturated rings. The summed E-state index contributed by atoms with van der Waals surface area (Å²) in [6.07, 6.45) is 1.62. The number of benzene rings is 5. The van der Waals surface area contributed by atoms with Gasteiger partial charge in [0.15, 0.2) is 5.11 Å². The Hall–Kier alpha value is -4.78. The second-order valence-corrected chi connectivity index (χ2v) is 10.2. The maximum Gasteiger partial charge on any atom is 0.270 e. The summed E-state index contributed by atoms with van der Waals surface area (Å²) in [5, 5.41) is 2.53. The van der Waals surface area contributed by atoms with Crippen LogP contribution < -0.4 is 14.5 Å². The largest absolute Gasteiger partial charge is 0.488 e. The Morgan fingerprint density at radius 2 is 1.24 bits per heavy atom. The quantitative estimate of drug-likeness (QED) is 0.118. The first-order valence-corrected chi connectivity index (χ1v) is 13.7. The Bertz CT molecular complexity index is 1740. The lowest BCUT2D eigenvalue weighted by molar-refractivity contribution is -0.120. The molecule has 6 rings (SSSR count). The van der Waals surface area contributed by atoms with E-state index < -0.39 is 11.8 Å². The molecule has 200 valence electrons. The van der Waals surface area contributed by atoms with E-state index in [1.165, 1.54) is 9.80 Å². The van der Waals surface area contributed by atoms with E-state index in [2.05, 4.69) is 0 Å². The third-order valence-corrected chi connectivity index (χ3v) is 7.42. The van der Waals surface area contributed by atoms with Crippen molar-refractivity contribution in [2.75, 3.05) is 9.80 Å². The van der Waals surface area contributed by atoms with E-state index in [9.17, 15) is 9.59 Å². The number of amides is 2. The van der Waals surface area contributed by atoms with Crippen molar-refractivity contribution in [2.45, 2.75) is 6.61 Å². The van der Waals surface area contributed by atoms with Gasteiger partial charge >= 0.3 is 0 Å². The van der Waals surface area contributed by atoms with Crippen molar-refractivity contribution in [2.24, 2.45) is 0 Å². The van der Waals surface area contributed by atoms with Crippen molar-refractivity contribution in [3.63, 3.8) is 0 Å². The van der Waals surface area contributed by atoms with Crippen molar-refractivity contribution in [3.8, 4) is 5.75 Å². The fourth-order valence-corrected chi connectivity index (χ4v) is 5.28. The van der Waals surface area contributed by atoms with Gasteiger partial charge in [-0.05, 0) is 77.1 Å². The van der Waals surface area contributed by atoms with Crippen LogP contribution in [-0.4, -0.2) is 16.9 Å². The fraction of sp³-hybridized carbons (Fsp3) is 0.0294. The molecule has 1 heterocycles. The molecule has 0 unspecified atom stereocenters. The molecule has 0 aromatic heterocycles. The lowest BCUT2D eigenvalue weighted by Crippen LogP contribution is -2.56. The normalized spacial score (nSPS) is 13.6. The SMILES string of the molecule is O=C1C(=Cc2c(OCc3ccc(Cl)cc3)ccc3ccccc23)C(=O)N(c2ccccc2)C(=S)N1c1ccccc1. The van der Waals surface area contributed by atoms with Crippen LogP contribution in [0, 0.1) is 0 Å². The highest BCUT2D eigenvalue weighted by Gasteiger charge is 2.41. The predicted octanol–water partition coefficient (Wildman–Crippen LogP) is 7.82. The van der Waals surface area contributed by atoms with E-state index in [-0.39, 0.29) is 17.3 Å². The number of hydrogen-bond donors (Lipinski definition) is 0. The van der Waals surface area contributed by atoms with Crippen molar-refractivity contribution < 1.29 is 14.3 Å². The first-order chi connectivity index (χ1) is 20.0. The molecule has 0 aliphatic carbocycles. The van der Waals surface area contributed by atoms with Crippen LogP contribution in [0.5, 0.6) is 5.75 Å². The van der Waals surface area contributed by atoms with Crippen LogP contribution in [0.4, 0.5) is 11.4 Å². The second-order valence-electron chi connectivity index (χ2n) is 9.41. The fourth-order valence-electron chi connectivity index (χ4n) is 4.78. The molecule has 0 radical (unpaired) electrons. The molecule has 0 spiro atoms. The summed E-state index contributed by atoms with van der Waals surface area (Å²) >= 11 is 11.8. The van der Waals surface area contributed by atoms with Crippen LogP contribution in [0.25, 0.3) is 16.8 Å². The molecule has 5 aromatic carbocycles. The van der Waals surface area contributed by atoms with Crippen LogP contribution in [-0.2, 0) is 16.2 Å². The number of hydrogen-bond acceptors (Lipinski definition) is 4. The summed E-state index contributed by atoms with van der Waals surface area (Å²) in [5.41, 5.74) is 2.67. The van der Waals surface area contributed by atoms with Gasteiger partial charge in [0.25, 0.3) is 11.8 Å². The van der Waals surface area contributed by atoms with E-state index in [1.54, 1.807) is 30.3 Å². The summed E-state index contributed by atoms with van der Waals surface area (Å²) in [6, 6.07) is 37.2. The molecule has 5 aromatic rings. The number of fused-ring (bicyclic) bond motifs is 1. The molecule has 7 heteroatoms. The van der Waals surface area contributed by atoms with Gasteiger partial charge in [0.05, 0.1) is 11.4 Å². The van der Waals surface area contributed by atoms with Crippen molar-refractivity contribution >= 4 is 69.0 Å². The Morgan fingerprint density at radius 3 is 1.85 bits per heavy atom. The van der Waals surface area contributed by atoms with E-state index in [0.717, 1.165) is 16.3 Å². The standard InChI is InChI=1S/C34H23ClN2O3S/c35-25-18-15-23(16-19-25)22-40-31-20-17-24-9-7-8-14-28(24)29(31)21-30-32(38)36(26-10-3-1-4-11-26)34(41)37(33(30)39)27-12-5-2-6-13-27/h1-21H,22H2. The van der Waals surface area contributed by atoms with E-state index >= 15 is 0 Å². The Labute approximate surface area is 247 Å². The lowest BCUT2D eigenvalue weighted by Gasteiger charge is -2.36. The summed E-state index contributed by atoms with van der Waals surface area (Å²) in [6.45, 7) is 0.282. The number of carbonyl (C=O) groups excluding carboxylic acids is 2. The minimum atomic E-state index is -0.505. The van der Waals surface area contributed by atoms with E-state index in [0.29, 0.717) is 27.7 Å². The van der Waals surface area contributed by atoms with Crippen molar-refractivity contribution in [3.05, 3.63) is 143 Å². The molecule has 1 saturated heterocycles. The highest BCUT2D eigenvalue weighted by molar-refractivity contribution is 7.81. The third kappa shape index (κ3) is 5.23. The lowest BCUT2D eigenvalue weighted by atomic mass is 9.99. The van der Waals surface area contributed by atoms with Gasteiger partial charge in [0, 0.05) is 10.6 Å². The molecule has 0 bridgehead atoms. The maximum absolute atomic E-state index is 14.1. The second kappa shape index (κ2) is 11.4. The summed E-state index contributed by atoms with van der Waals surface area (Å²) < 4.78 is 6.26. The monoisotopic (exact) mass is 574 g/mol.